The molecule has 0 aromatic carbocycles. The summed E-state index contributed by atoms with van der Waals surface area (Å²) in [4.78, 5) is 10.2. The molecule has 0 fully saturated rings. The number of hydrogen-bond donors (Lipinski definition) is 0. The second kappa shape index (κ2) is 5.81. The van der Waals surface area contributed by atoms with Gasteiger partial charge in [0.1, 0.15) is 5.60 Å². The molecule has 0 rings (SSSR count). The van der Waals surface area contributed by atoms with Crippen molar-refractivity contribution in [2.24, 2.45) is 0 Å². The molecule has 0 unspecified atom stereocenters. The molecule has 4 heteroatoms. The van der Waals surface area contributed by atoms with Crippen LogP contribution in [0.1, 0.15) is 27.7 Å². The van der Waals surface area contributed by atoms with E-state index in [1.807, 2.05) is 20.8 Å². The molecular formula is C6H14Cl2O2. The number of ether oxygens (including phenoxy) is 1. The van der Waals surface area contributed by atoms with Crippen LogP contribution in [-0.2, 0) is 9.53 Å². The lowest BCUT2D eigenvalue weighted by molar-refractivity contribution is -0.151. The molecule has 0 bridgehead atoms. The van der Waals surface area contributed by atoms with Gasteiger partial charge in [-0.1, -0.05) is 0 Å². The predicted octanol–water partition coefficient (Wildman–Crippen LogP) is 2.19. The van der Waals surface area contributed by atoms with Gasteiger partial charge in [-0.15, -0.1) is 24.8 Å². The van der Waals surface area contributed by atoms with Crippen LogP contribution in [0.15, 0.2) is 0 Å². The van der Waals surface area contributed by atoms with Gasteiger partial charge in [-0.2, -0.15) is 0 Å². The molecule has 64 valence electrons. The fraction of sp³-hybridized carbons (Fsp3) is 0.833. The average Bonchev–Trinajstić information content (AvgIpc) is 1.21. The monoisotopic (exact) mass is 188 g/mol. The Balaban J connectivity index is -0.000000245. The van der Waals surface area contributed by atoms with Crippen LogP contribution < -0.4 is 0 Å². The third-order valence-electron chi connectivity index (χ3n) is 0.450. The van der Waals surface area contributed by atoms with E-state index in [0.717, 1.165) is 0 Å². The van der Waals surface area contributed by atoms with E-state index >= 15 is 0 Å². The molecular weight excluding hydrogens is 175 g/mol. The molecule has 0 spiro atoms. The molecule has 0 aromatic rings. The smallest absolute Gasteiger partial charge is 0.303 e. The zero-order valence-electron chi connectivity index (χ0n) is 6.63. The topological polar surface area (TPSA) is 26.3 Å². The minimum absolute atomic E-state index is 0. The Labute approximate surface area is 74.1 Å². The van der Waals surface area contributed by atoms with Crippen molar-refractivity contribution in [2.75, 3.05) is 0 Å². The van der Waals surface area contributed by atoms with E-state index in [0.29, 0.717) is 0 Å². The summed E-state index contributed by atoms with van der Waals surface area (Å²) in [6.45, 7) is 6.93. The van der Waals surface area contributed by atoms with E-state index in [1.54, 1.807) is 0 Å². The van der Waals surface area contributed by atoms with E-state index < -0.39 is 0 Å². The molecule has 10 heavy (non-hydrogen) atoms. The summed E-state index contributed by atoms with van der Waals surface area (Å²) in [5.74, 6) is -0.225. The standard InChI is InChI=1S/C6H12O2.2ClH/c1-5(7)8-6(2,3)4;;/h1-4H3;2*1H. The molecule has 2 nitrogen and oxygen atoms in total. The van der Waals surface area contributed by atoms with Crippen LogP contribution in [0, 0.1) is 0 Å². The Kier molecular flexibility index (Phi) is 9.62. The van der Waals surface area contributed by atoms with E-state index in [9.17, 15) is 4.79 Å². The van der Waals surface area contributed by atoms with Gasteiger partial charge < -0.3 is 4.74 Å². The van der Waals surface area contributed by atoms with Crippen molar-refractivity contribution in [3.63, 3.8) is 0 Å². The maximum atomic E-state index is 10.2. The summed E-state index contributed by atoms with van der Waals surface area (Å²) < 4.78 is 4.80. The summed E-state index contributed by atoms with van der Waals surface area (Å²) in [5, 5.41) is 0. The molecule has 0 aliphatic rings. The SMILES string of the molecule is CC(=O)OC(C)(C)C.Cl.Cl. The van der Waals surface area contributed by atoms with E-state index in [-0.39, 0.29) is 36.4 Å². The number of rotatable bonds is 0. The van der Waals surface area contributed by atoms with Gasteiger partial charge in [0.2, 0.25) is 0 Å². The molecule has 0 N–H and O–H groups in total. The number of carbonyl (C=O) groups excluding carboxylic acids is 1. The molecule has 0 heterocycles. The molecule has 0 amide bonds. The highest BCUT2D eigenvalue weighted by molar-refractivity contribution is 5.85. The van der Waals surface area contributed by atoms with Gasteiger partial charge in [0, 0.05) is 6.92 Å². The Bertz CT molecular complexity index is 96.4. The van der Waals surface area contributed by atoms with E-state index in [2.05, 4.69) is 0 Å². The summed E-state index contributed by atoms with van der Waals surface area (Å²) in [6.07, 6.45) is 0. The largest absolute Gasteiger partial charge is 0.460 e. The lowest BCUT2D eigenvalue weighted by Gasteiger charge is -2.17. The maximum absolute atomic E-state index is 10.2. The van der Waals surface area contributed by atoms with Gasteiger partial charge in [0.05, 0.1) is 0 Å². The van der Waals surface area contributed by atoms with Gasteiger partial charge in [-0.05, 0) is 20.8 Å². The van der Waals surface area contributed by atoms with Gasteiger partial charge >= 0.3 is 5.97 Å². The van der Waals surface area contributed by atoms with Crippen LogP contribution in [-0.4, -0.2) is 11.6 Å². The van der Waals surface area contributed by atoms with Crippen molar-refractivity contribution in [3.8, 4) is 0 Å². The third-order valence-corrected chi connectivity index (χ3v) is 0.450. The van der Waals surface area contributed by atoms with Crippen molar-refractivity contribution in [3.05, 3.63) is 0 Å². The van der Waals surface area contributed by atoms with Gasteiger partial charge in [-0.3, -0.25) is 4.79 Å². The maximum Gasteiger partial charge on any atom is 0.303 e. The summed E-state index contributed by atoms with van der Waals surface area (Å²) in [6, 6.07) is 0. The van der Waals surface area contributed by atoms with Gasteiger partial charge in [-0.25, -0.2) is 0 Å². The van der Waals surface area contributed by atoms with Crippen LogP contribution in [0.4, 0.5) is 0 Å². The molecule has 0 aliphatic heterocycles. The molecule has 0 aromatic heterocycles. The highest BCUT2D eigenvalue weighted by Crippen LogP contribution is 2.05. The predicted molar refractivity (Wildman–Crippen MR) is 46.0 cm³/mol. The lowest BCUT2D eigenvalue weighted by Crippen LogP contribution is -2.21. The average molecular weight is 189 g/mol. The van der Waals surface area contributed by atoms with Crippen molar-refractivity contribution < 1.29 is 9.53 Å². The van der Waals surface area contributed by atoms with Crippen molar-refractivity contribution in [1.29, 1.82) is 0 Å². The minimum atomic E-state index is -0.328. The molecule has 0 saturated carbocycles. The first-order valence-electron chi connectivity index (χ1n) is 2.61. The van der Waals surface area contributed by atoms with Crippen LogP contribution in [0.25, 0.3) is 0 Å². The van der Waals surface area contributed by atoms with Crippen LogP contribution >= 0.6 is 24.8 Å². The summed E-state index contributed by atoms with van der Waals surface area (Å²) in [5.41, 5.74) is -0.328. The quantitative estimate of drug-likeness (QED) is 0.546. The zero-order chi connectivity index (χ0) is 6.78. The lowest BCUT2D eigenvalue weighted by atomic mass is 10.2. The second-order valence-electron chi connectivity index (χ2n) is 2.71. The highest BCUT2D eigenvalue weighted by Gasteiger charge is 2.11. The summed E-state index contributed by atoms with van der Waals surface area (Å²) in [7, 11) is 0. The van der Waals surface area contributed by atoms with Gasteiger partial charge in [0.15, 0.2) is 0 Å². The normalized spacial score (nSPS) is 8.80. The highest BCUT2D eigenvalue weighted by atomic mass is 35.5. The molecule has 0 saturated heterocycles. The zero-order valence-corrected chi connectivity index (χ0v) is 8.27. The fourth-order valence-corrected chi connectivity index (χ4v) is 0.431. The van der Waals surface area contributed by atoms with E-state index in [1.165, 1.54) is 6.92 Å². The Morgan fingerprint density at radius 2 is 1.50 bits per heavy atom. The Hall–Kier alpha value is 0.0500. The van der Waals surface area contributed by atoms with Gasteiger partial charge in [0.25, 0.3) is 0 Å². The number of hydrogen-bond acceptors (Lipinski definition) is 2. The molecule has 0 aliphatic carbocycles. The van der Waals surface area contributed by atoms with Crippen LogP contribution in [0.2, 0.25) is 0 Å². The summed E-state index contributed by atoms with van der Waals surface area (Å²) >= 11 is 0. The van der Waals surface area contributed by atoms with Crippen LogP contribution in [0.5, 0.6) is 0 Å². The first-order valence-corrected chi connectivity index (χ1v) is 2.61. The number of carbonyl (C=O) groups is 1. The Morgan fingerprint density at radius 3 is 1.50 bits per heavy atom. The number of esters is 1. The molecule has 0 radical (unpaired) electrons. The van der Waals surface area contributed by atoms with Crippen molar-refractivity contribution >= 4 is 30.8 Å². The van der Waals surface area contributed by atoms with Crippen LogP contribution in [0.3, 0.4) is 0 Å². The number of halogens is 2. The Morgan fingerprint density at radius 1 is 1.20 bits per heavy atom. The fourth-order valence-electron chi connectivity index (χ4n) is 0.431. The van der Waals surface area contributed by atoms with Crippen molar-refractivity contribution in [1.82, 2.24) is 0 Å². The third kappa shape index (κ3) is 15.7. The second-order valence-corrected chi connectivity index (χ2v) is 2.71. The minimum Gasteiger partial charge on any atom is -0.460 e. The molecule has 0 atom stereocenters. The first-order chi connectivity index (χ1) is 3.42. The van der Waals surface area contributed by atoms with Crippen molar-refractivity contribution in [2.45, 2.75) is 33.3 Å². The van der Waals surface area contributed by atoms with E-state index in [4.69, 9.17) is 4.74 Å². The first kappa shape index (κ1) is 16.6.